The maximum absolute atomic E-state index is 8.35. The van der Waals surface area contributed by atoms with Crippen molar-refractivity contribution in [3.63, 3.8) is 0 Å². The van der Waals surface area contributed by atoms with Crippen molar-refractivity contribution in [2.24, 2.45) is 10.9 Å². The first-order chi connectivity index (χ1) is 7.13. The molecule has 82 valence electrons. The summed E-state index contributed by atoms with van der Waals surface area (Å²) in [5, 5.41) is 14.4. The number of nitrogens with zero attached hydrogens (tertiary/aromatic N) is 1. The molecule has 0 spiro atoms. The van der Waals surface area contributed by atoms with Gasteiger partial charge in [-0.15, -0.1) is 0 Å². The number of nitrogens with two attached hydrogens (primary N) is 1. The van der Waals surface area contributed by atoms with Crippen LogP contribution < -0.4 is 11.1 Å². The third-order valence-corrected chi connectivity index (χ3v) is 2.61. The summed E-state index contributed by atoms with van der Waals surface area (Å²) in [6.07, 6.45) is 0.511. The van der Waals surface area contributed by atoms with Gasteiger partial charge in [0, 0.05) is 23.1 Å². The highest BCUT2D eigenvalue weighted by molar-refractivity contribution is 9.10. The van der Waals surface area contributed by atoms with Gasteiger partial charge in [0.05, 0.1) is 0 Å². The molecular weight excluding hydrogens is 258 g/mol. The number of amidine groups is 1. The van der Waals surface area contributed by atoms with E-state index in [1.807, 2.05) is 25.1 Å². The fourth-order valence-corrected chi connectivity index (χ4v) is 1.77. The Bertz CT molecular complexity index is 366. The molecule has 5 heteroatoms. The van der Waals surface area contributed by atoms with Gasteiger partial charge in [0.1, 0.15) is 5.84 Å². The third-order valence-electron chi connectivity index (χ3n) is 1.95. The zero-order chi connectivity index (χ0) is 11.3. The molecule has 0 atom stereocenters. The fourth-order valence-electron chi connectivity index (χ4n) is 1.14. The smallest absolute Gasteiger partial charge is 0.140 e. The van der Waals surface area contributed by atoms with Crippen LogP contribution in [0.5, 0.6) is 0 Å². The molecule has 0 saturated heterocycles. The van der Waals surface area contributed by atoms with Crippen molar-refractivity contribution in [1.29, 1.82) is 0 Å². The molecule has 0 aliphatic heterocycles. The molecule has 0 fully saturated rings. The largest absolute Gasteiger partial charge is 0.409 e. The van der Waals surface area contributed by atoms with Crippen LogP contribution >= 0.6 is 15.9 Å². The number of hydrogen-bond acceptors (Lipinski definition) is 3. The van der Waals surface area contributed by atoms with Crippen LogP contribution in [0.4, 0.5) is 5.69 Å². The lowest BCUT2D eigenvalue weighted by atomic mass is 10.2. The zero-order valence-corrected chi connectivity index (χ0v) is 10.1. The lowest BCUT2D eigenvalue weighted by Gasteiger charge is -2.08. The summed E-state index contributed by atoms with van der Waals surface area (Å²) in [5.41, 5.74) is 7.55. The van der Waals surface area contributed by atoms with E-state index in [1.165, 1.54) is 5.56 Å². The summed E-state index contributed by atoms with van der Waals surface area (Å²) >= 11 is 3.46. The Morgan fingerprint density at radius 2 is 2.33 bits per heavy atom. The minimum absolute atomic E-state index is 0.228. The van der Waals surface area contributed by atoms with E-state index < -0.39 is 0 Å². The quantitative estimate of drug-likeness (QED) is 0.341. The average Bonchev–Trinajstić information content (AvgIpc) is 2.21. The molecule has 4 N–H and O–H groups in total. The van der Waals surface area contributed by atoms with Crippen LogP contribution in [0.25, 0.3) is 0 Å². The molecule has 1 aromatic carbocycles. The molecule has 0 heterocycles. The molecule has 15 heavy (non-hydrogen) atoms. The normalized spacial score (nSPS) is 11.5. The van der Waals surface area contributed by atoms with E-state index in [1.54, 1.807) is 0 Å². The van der Waals surface area contributed by atoms with Crippen LogP contribution in [-0.4, -0.2) is 17.6 Å². The Balaban J connectivity index is 2.51. The Labute approximate surface area is 97.3 Å². The highest BCUT2D eigenvalue weighted by Gasteiger charge is 1.99. The second-order valence-corrected chi connectivity index (χ2v) is 4.11. The van der Waals surface area contributed by atoms with Crippen molar-refractivity contribution in [2.75, 3.05) is 11.9 Å². The van der Waals surface area contributed by atoms with Gasteiger partial charge in [-0.1, -0.05) is 11.2 Å². The van der Waals surface area contributed by atoms with Gasteiger partial charge in [-0.2, -0.15) is 0 Å². The van der Waals surface area contributed by atoms with Crippen molar-refractivity contribution in [3.8, 4) is 0 Å². The van der Waals surface area contributed by atoms with E-state index >= 15 is 0 Å². The number of halogens is 1. The maximum Gasteiger partial charge on any atom is 0.140 e. The highest BCUT2D eigenvalue weighted by atomic mass is 79.9. The maximum atomic E-state index is 8.35. The monoisotopic (exact) mass is 271 g/mol. The van der Waals surface area contributed by atoms with Crippen molar-refractivity contribution < 1.29 is 5.21 Å². The van der Waals surface area contributed by atoms with E-state index in [4.69, 9.17) is 10.9 Å². The van der Waals surface area contributed by atoms with E-state index in [-0.39, 0.29) is 5.84 Å². The molecule has 0 aliphatic rings. The van der Waals surface area contributed by atoms with E-state index in [2.05, 4.69) is 26.4 Å². The minimum Gasteiger partial charge on any atom is -0.409 e. The number of oxime groups is 1. The molecule has 0 aromatic heterocycles. The first-order valence-corrected chi connectivity index (χ1v) is 5.39. The summed E-state index contributed by atoms with van der Waals surface area (Å²) in [6, 6.07) is 6.05. The molecule has 0 saturated carbocycles. The van der Waals surface area contributed by atoms with Crippen LogP contribution in [0.1, 0.15) is 12.0 Å². The second kappa shape index (κ2) is 5.60. The van der Waals surface area contributed by atoms with E-state index in [0.29, 0.717) is 13.0 Å². The first kappa shape index (κ1) is 11.8. The highest BCUT2D eigenvalue weighted by Crippen LogP contribution is 2.23. The predicted molar refractivity (Wildman–Crippen MR) is 65.4 cm³/mol. The molecule has 0 amide bonds. The lowest BCUT2D eigenvalue weighted by Crippen LogP contribution is -2.16. The number of benzene rings is 1. The molecule has 0 aliphatic carbocycles. The van der Waals surface area contributed by atoms with E-state index in [0.717, 1.165) is 10.2 Å². The van der Waals surface area contributed by atoms with Gasteiger partial charge < -0.3 is 16.3 Å². The number of anilines is 1. The van der Waals surface area contributed by atoms with Crippen molar-refractivity contribution in [1.82, 2.24) is 0 Å². The van der Waals surface area contributed by atoms with Crippen LogP contribution in [0.2, 0.25) is 0 Å². The zero-order valence-electron chi connectivity index (χ0n) is 8.50. The van der Waals surface area contributed by atoms with Crippen LogP contribution in [-0.2, 0) is 0 Å². The molecule has 0 bridgehead atoms. The van der Waals surface area contributed by atoms with Gasteiger partial charge in [-0.3, -0.25) is 0 Å². The Morgan fingerprint density at radius 3 is 2.93 bits per heavy atom. The molecule has 0 unspecified atom stereocenters. The SMILES string of the molecule is Cc1ccc(NCCC(N)=NO)c(Br)c1. The molecule has 4 nitrogen and oxygen atoms in total. The van der Waals surface area contributed by atoms with Crippen LogP contribution in [0.3, 0.4) is 0 Å². The Kier molecular flexibility index (Phi) is 4.42. The van der Waals surface area contributed by atoms with Gasteiger partial charge in [0.25, 0.3) is 0 Å². The first-order valence-electron chi connectivity index (χ1n) is 4.60. The summed E-state index contributed by atoms with van der Waals surface area (Å²) in [5.74, 6) is 0.228. The molecule has 1 aromatic rings. The van der Waals surface area contributed by atoms with Gasteiger partial charge in [0.2, 0.25) is 0 Å². The van der Waals surface area contributed by atoms with Gasteiger partial charge in [0.15, 0.2) is 0 Å². The van der Waals surface area contributed by atoms with Crippen molar-refractivity contribution in [3.05, 3.63) is 28.2 Å². The summed E-state index contributed by atoms with van der Waals surface area (Å²) < 4.78 is 1.02. The number of nitrogens with one attached hydrogen (secondary N) is 1. The molecule has 1 rings (SSSR count). The fraction of sp³-hybridized carbons (Fsp3) is 0.300. The van der Waals surface area contributed by atoms with Crippen LogP contribution in [0, 0.1) is 6.92 Å². The topological polar surface area (TPSA) is 70.6 Å². The Morgan fingerprint density at radius 1 is 1.60 bits per heavy atom. The second-order valence-electron chi connectivity index (χ2n) is 3.25. The lowest BCUT2D eigenvalue weighted by molar-refractivity contribution is 0.317. The Hall–Kier alpha value is -1.23. The average molecular weight is 272 g/mol. The van der Waals surface area contributed by atoms with Crippen molar-refractivity contribution >= 4 is 27.5 Å². The predicted octanol–water partition coefficient (Wildman–Crippen LogP) is 2.31. The van der Waals surface area contributed by atoms with Gasteiger partial charge in [-0.05, 0) is 40.5 Å². The van der Waals surface area contributed by atoms with E-state index in [9.17, 15) is 0 Å². The summed E-state index contributed by atoms with van der Waals surface area (Å²) in [7, 11) is 0. The van der Waals surface area contributed by atoms with Gasteiger partial charge in [-0.25, -0.2) is 0 Å². The van der Waals surface area contributed by atoms with Crippen LogP contribution in [0.15, 0.2) is 27.8 Å². The summed E-state index contributed by atoms with van der Waals surface area (Å²) in [6.45, 7) is 2.67. The third kappa shape index (κ3) is 3.79. The minimum atomic E-state index is 0.228. The van der Waals surface area contributed by atoms with Gasteiger partial charge >= 0.3 is 0 Å². The molecular formula is C10H14BrN3O. The number of rotatable bonds is 4. The summed E-state index contributed by atoms with van der Waals surface area (Å²) in [4.78, 5) is 0. The van der Waals surface area contributed by atoms with Crippen molar-refractivity contribution in [2.45, 2.75) is 13.3 Å². The standard InChI is InChI=1S/C10H14BrN3O/c1-7-2-3-9(8(11)6-7)13-5-4-10(12)14-15/h2-3,6,13,15H,4-5H2,1H3,(H2,12,14). The number of hydrogen-bond donors (Lipinski definition) is 3. The number of aryl methyl sites for hydroxylation is 1. The molecule has 0 radical (unpaired) electrons.